The summed E-state index contributed by atoms with van der Waals surface area (Å²) in [5.41, 5.74) is 2.53. The first-order valence-corrected chi connectivity index (χ1v) is 10.2. The maximum Gasteiger partial charge on any atom is 0.172 e. The Kier molecular flexibility index (Phi) is 6.51. The Labute approximate surface area is 167 Å². The molecule has 138 valence electrons. The van der Waals surface area contributed by atoms with Crippen molar-refractivity contribution in [1.29, 1.82) is 0 Å². The van der Waals surface area contributed by atoms with Crippen molar-refractivity contribution >= 4 is 39.0 Å². The number of anilines is 1. The van der Waals surface area contributed by atoms with E-state index < -0.39 is 0 Å². The van der Waals surface area contributed by atoms with Gasteiger partial charge in [0.15, 0.2) is 5.65 Å². The van der Waals surface area contributed by atoms with Crippen molar-refractivity contribution in [2.24, 2.45) is 0 Å². The quantitative estimate of drug-likeness (QED) is 0.606. The number of nitrogens with one attached hydrogen (secondary N) is 2. The maximum atomic E-state index is 6.36. The molecule has 0 bridgehead atoms. The Morgan fingerprint density at radius 3 is 2.85 bits per heavy atom. The van der Waals surface area contributed by atoms with Crippen molar-refractivity contribution in [2.75, 3.05) is 18.4 Å². The van der Waals surface area contributed by atoms with E-state index in [1.807, 2.05) is 48.7 Å². The average Bonchev–Trinajstić information content (AvgIpc) is 3.06. The van der Waals surface area contributed by atoms with Gasteiger partial charge in [-0.25, -0.2) is 4.98 Å². The van der Waals surface area contributed by atoms with Gasteiger partial charge in [0.25, 0.3) is 0 Å². The Balaban J connectivity index is 0.000000948. The second-order valence-electron chi connectivity index (χ2n) is 5.92. The van der Waals surface area contributed by atoms with Gasteiger partial charge in [-0.3, -0.25) is 0 Å². The molecule has 26 heavy (non-hydrogen) atoms. The summed E-state index contributed by atoms with van der Waals surface area (Å²) in [4.78, 5) is 4.73. The van der Waals surface area contributed by atoms with Crippen LogP contribution in [0.15, 0.2) is 41.0 Å². The van der Waals surface area contributed by atoms with Crippen LogP contribution in [0, 0.1) is 0 Å². The number of fused-ring (bicyclic) bond motifs is 1. The second-order valence-corrected chi connectivity index (χ2v) is 7.18. The largest absolute Gasteiger partial charge is 0.366 e. The summed E-state index contributed by atoms with van der Waals surface area (Å²) in [5, 5.41) is 12.1. The smallest absolute Gasteiger partial charge is 0.172 e. The fourth-order valence-electron chi connectivity index (χ4n) is 3.03. The maximum absolute atomic E-state index is 6.36. The Hall–Kier alpha value is -1.63. The van der Waals surface area contributed by atoms with Gasteiger partial charge in [-0.1, -0.05) is 43.6 Å². The summed E-state index contributed by atoms with van der Waals surface area (Å²) in [6.45, 7) is 6.04. The van der Waals surface area contributed by atoms with Crippen molar-refractivity contribution in [3.63, 3.8) is 0 Å². The highest BCUT2D eigenvalue weighted by atomic mass is 79.9. The molecule has 5 nitrogen and oxygen atoms in total. The second kappa shape index (κ2) is 8.84. The van der Waals surface area contributed by atoms with E-state index in [1.165, 1.54) is 6.42 Å². The van der Waals surface area contributed by atoms with Gasteiger partial charge in [0.2, 0.25) is 0 Å². The van der Waals surface area contributed by atoms with Crippen molar-refractivity contribution in [3.8, 4) is 11.3 Å². The number of hydrogen-bond acceptors (Lipinski definition) is 4. The van der Waals surface area contributed by atoms with Crippen LogP contribution in [0.2, 0.25) is 5.02 Å². The molecule has 0 aliphatic carbocycles. The monoisotopic (exact) mass is 435 g/mol. The third-order valence-corrected chi connectivity index (χ3v) is 5.12. The number of piperidine rings is 1. The molecule has 1 aromatic carbocycles. The molecule has 0 saturated carbocycles. The molecule has 1 saturated heterocycles. The lowest BCUT2D eigenvalue weighted by Crippen LogP contribution is -2.38. The molecular weight excluding hydrogens is 414 g/mol. The highest BCUT2D eigenvalue weighted by Crippen LogP contribution is 2.30. The van der Waals surface area contributed by atoms with Gasteiger partial charge < -0.3 is 10.6 Å². The minimum absolute atomic E-state index is 0.381. The highest BCUT2D eigenvalue weighted by Gasteiger charge is 2.17. The lowest BCUT2D eigenvalue weighted by atomic mass is 10.1. The molecule has 4 rings (SSSR count). The number of rotatable bonds is 3. The number of hydrogen-bond donors (Lipinski definition) is 2. The lowest BCUT2D eigenvalue weighted by Gasteiger charge is -2.25. The van der Waals surface area contributed by atoms with E-state index in [1.54, 1.807) is 6.20 Å². The Morgan fingerprint density at radius 2 is 2.12 bits per heavy atom. The number of benzene rings is 1. The third kappa shape index (κ3) is 4.03. The molecule has 0 amide bonds. The Bertz CT molecular complexity index is 873. The predicted molar refractivity (Wildman–Crippen MR) is 112 cm³/mol. The van der Waals surface area contributed by atoms with E-state index in [0.717, 1.165) is 46.7 Å². The topological polar surface area (TPSA) is 54.2 Å². The van der Waals surface area contributed by atoms with Crippen LogP contribution in [-0.4, -0.2) is 33.7 Å². The number of nitrogens with zero attached hydrogens (tertiary/aromatic N) is 3. The van der Waals surface area contributed by atoms with Crippen LogP contribution in [0.1, 0.15) is 26.7 Å². The molecule has 1 aliphatic heterocycles. The first kappa shape index (κ1) is 19.1. The van der Waals surface area contributed by atoms with Gasteiger partial charge in [-0.2, -0.15) is 9.61 Å². The van der Waals surface area contributed by atoms with Crippen LogP contribution in [0.25, 0.3) is 16.9 Å². The van der Waals surface area contributed by atoms with Crippen molar-refractivity contribution < 1.29 is 0 Å². The molecule has 0 radical (unpaired) electrons. The van der Waals surface area contributed by atoms with E-state index in [-0.39, 0.29) is 0 Å². The zero-order valence-electron chi connectivity index (χ0n) is 15.0. The van der Waals surface area contributed by atoms with E-state index in [2.05, 4.69) is 31.7 Å². The van der Waals surface area contributed by atoms with Crippen LogP contribution < -0.4 is 10.6 Å². The van der Waals surface area contributed by atoms with Crippen LogP contribution in [0.3, 0.4) is 0 Å². The summed E-state index contributed by atoms with van der Waals surface area (Å²) in [6, 6.07) is 10.2. The fourth-order valence-corrected chi connectivity index (χ4v) is 3.61. The standard InChI is InChI=1S/C17H17BrClN5.C2H6/c18-13-10-21-24-16(22-11-4-3-7-20-9-11)8-15(23-17(13)24)12-5-1-2-6-14(12)19;1-2/h1-2,5-6,8,10-11,20,22H,3-4,7,9H2;1-2H3. The Morgan fingerprint density at radius 1 is 1.31 bits per heavy atom. The van der Waals surface area contributed by atoms with E-state index in [0.29, 0.717) is 11.1 Å². The first-order chi connectivity index (χ1) is 12.7. The molecule has 1 unspecified atom stereocenters. The number of aromatic nitrogens is 3. The molecule has 2 N–H and O–H groups in total. The fraction of sp³-hybridized carbons (Fsp3) is 0.368. The van der Waals surface area contributed by atoms with Crippen LogP contribution in [0.4, 0.5) is 5.82 Å². The van der Waals surface area contributed by atoms with Gasteiger partial charge in [0, 0.05) is 29.2 Å². The van der Waals surface area contributed by atoms with E-state index in [9.17, 15) is 0 Å². The van der Waals surface area contributed by atoms with E-state index in [4.69, 9.17) is 16.6 Å². The highest BCUT2D eigenvalue weighted by molar-refractivity contribution is 9.10. The normalized spacial score (nSPS) is 16.8. The summed E-state index contributed by atoms with van der Waals surface area (Å²) >= 11 is 9.90. The summed E-state index contributed by atoms with van der Waals surface area (Å²) in [5.74, 6) is 0.925. The molecule has 2 aromatic heterocycles. The van der Waals surface area contributed by atoms with E-state index >= 15 is 0 Å². The zero-order chi connectivity index (χ0) is 18.5. The molecule has 1 aliphatic rings. The van der Waals surface area contributed by atoms with Gasteiger partial charge in [-0.15, -0.1) is 0 Å². The molecule has 3 heterocycles. The van der Waals surface area contributed by atoms with Gasteiger partial charge in [-0.05, 0) is 41.4 Å². The molecular formula is C19H23BrClN5. The predicted octanol–water partition coefficient (Wildman–Crippen LogP) is 5.00. The van der Waals surface area contributed by atoms with Gasteiger partial charge in [0.05, 0.1) is 16.4 Å². The number of halogens is 2. The lowest BCUT2D eigenvalue weighted by molar-refractivity contribution is 0.478. The minimum Gasteiger partial charge on any atom is -0.366 e. The van der Waals surface area contributed by atoms with Crippen molar-refractivity contribution in [2.45, 2.75) is 32.7 Å². The van der Waals surface area contributed by atoms with Crippen LogP contribution in [-0.2, 0) is 0 Å². The molecule has 7 heteroatoms. The molecule has 1 atom stereocenters. The molecule has 1 fully saturated rings. The first-order valence-electron chi connectivity index (χ1n) is 8.99. The molecule has 3 aromatic rings. The minimum atomic E-state index is 0.381. The average molecular weight is 437 g/mol. The van der Waals surface area contributed by atoms with Crippen LogP contribution in [0.5, 0.6) is 0 Å². The summed E-state index contributed by atoms with van der Waals surface area (Å²) < 4.78 is 2.69. The van der Waals surface area contributed by atoms with Gasteiger partial charge >= 0.3 is 0 Å². The summed E-state index contributed by atoms with van der Waals surface area (Å²) in [7, 11) is 0. The SMILES string of the molecule is CC.Clc1ccccc1-c1cc(NC2CCCNC2)n2ncc(Br)c2n1. The molecule has 0 spiro atoms. The summed E-state index contributed by atoms with van der Waals surface area (Å²) in [6.07, 6.45) is 4.08. The van der Waals surface area contributed by atoms with Gasteiger partial charge in [0.1, 0.15) is 5.82 Å². The zero-order valence-corrected chi connectivity index (χ0v) is 17.3. The van der Waals surface area contributed by atoms with Crippen molar-refractivity contribution in [3.05, 3.63) is 46.0 Å². The van der Waals surface area contributed by atoms with Crippen molar-refractivity contribution in [1.82, 2.24) is 19.9 Å². The van der Waals surface area contributed by atoms with Crippen LogP contribution >= 0.6 is 27.5 Å². The third-order valence-electron chi connectivity index (χ3n) is 4.23.